The van der Waals surface area contributed by atoms with Crippen LogP contribution in [-0.2, 0) is 0 Å². The molecule has 3 rings (SSSR count). The molecule has 0 spiro atoms. The van der Waals surface area contributed by atoms with Crippen molar-refractivity contribution in [3.05, 3.63) is 51.4 Å². The highest BCUT2D eigenvalue weighted by molar-refractivity contribution is 7.19. The molecule has 5 heteroatoms. The molecule has 3 aromatic rings. The number of carbonyl (C=O) groups is 1. The molecule has 0 unspecified atom stereocenters. The SMILES string of the molecule is Cc1cc(C)c2nc(-c3ccc(Cl)s3)cc(C(=O)Cl)c2c1. The zero-order valence-electron chi connectivity index (χ0n) is 11.4. The van der Waals surface area contributed by atoms with Crippen LogP contribution in [0.1, 0.15) is 21.5 Å². The summed E-state index contributed by atoms with van der Waals surface area (Å²) in [5.41, 5.74) is 4.09. The number of nitrogens with zero attached hydrogens (tertiary/aromatic N) is 1. The molecule has 2 aromatic heterocycles. The van der Waals surface area contributed by atoms with Crippen LogP contribution in [0.4, 0.5) is 0 Å². The molecular formula is C16H11Cl2NOS. The number of rotatable bonds is 2. The maximum absolute atomic E-state index is 11.8. The number of carbonyl (C=O) groups excluding carboxylic acids is 1. The quantitative estimate of drug-likeness (QED) is 0.569. The van der Waals surface area contributed by atoms with E-state index in [4.69, 9.17) is 23.2 Å². The average Bonchev–Trinajstić information content (AvgIpc) is 2.84. The summed E-state index contributed by atoms with van der Waals surface area (Å²) in [6.07, 6.45) is 0. The van der Waals surface area contributed by atoms with Gasteiger partial charge >= 0.3 is 0 Å². The van der Waals surface area contributed by atoms with Gasteiger partial charge in [-0.1, -0.05) is 23.2 Å². The van der Waals surface area contributed by atoms with Crippen molar-refractivity contribution >= 4 is 50.7 Å². The van der Waals surface area contributed by atoms with Gasteiger partial charge in [-0.15, -0.1) is 11.3 Å². The van der Waals surface area contributed by atoms with E-state index in [-0.39, 0.29) is 0 Å². The second-order valence-electron chi connectivity index (χ2n) is 4.91. The van der Waals surface area contributed by atoms with Crippen LogP contribution in [0.3, 0.4) is 0 Å². The van der Waals surface area contributed by atoms with Crippen molar-refractivity contribution in [3.8, 4) is 10.6 Å². The molecule has 2 nitrogen and oxygen atoms in total. The fraction of sp³-hybridized carbons (Fsp3) is 0.125. The summed E-state index contributed by atoms with van der Waals surface area (Å²) in [6, 6.07) is 9.43. The molecule has 0 radical (unpaired) electrons. The highest BCUT2D eigenvalue weighted by Gasteiger charge is 2.15. The lowest BCUT2D eigenvalue weighted by Gasteiger charge is -2.09. The number of fused-ring (bicyclic) bond motifs is 1. The first-order chi connectivity index (χ1) is 9.95. The Hall–Kier alpha value is -1.42. The van der Waals surface area contributed by atoms with Gasteiger partial charge in [-0.2, -0.15) is 0 Å². The Balaban J connectivity index is 2.37. The van der Waals surface area contributed by atoms with Crippen LogP contribution >= 0.6 is 34.5 Å². The summed E-state index contributed by atoms with van der Waals surface area (Å²) in [6.45, 7) is 3.97. The van der Waals surface area contributed by atoms with Crippen LogP contribution in [0.25, 0.3) is 21.5 Å². The molecule has 106 valence electrons. The smallest absolute Gasteiger partial charge is 0.253 e. The number of hydrogen-bond donors (Lipinski definition) is 0. The fourth-order valence-corrected chi connectivity index (χ4v) is 3.58. The van der Waals surface area contributed by atoms with Gasteiger partial charge in [-0.25, -0.2) is 4.98 Å². The van der Waals surface area contributed by atoms with Crippen molar-refractivity contribution in [3.63, 3.8) is 0 Å². The standard InChI is InChI=1S/C16H11Cl2NOS/c1-8-5-9(2)15-10(6-8)11(16(18)20)7-12(19-15)13-3-4-14(17)21-13/h3-7H,1-2H3. The van der Waals surface area contributed by atoms with E-state index >= 15 is 0 Å². The minimum absolute atomic E-state index is 0.476. The Labute approximate surface area is 136 Å². The fourth-order valence-electron chi connectivity index (χ4n) is 2.42. The van der Waals surface area contributed by atoms with Crippen molar-refractivity contribution in [1.29, 1.82) is 0 Å². The van der Waals surface area contributed by atoms with E-state index in [9.17, 15) is 4.79 Å². The minimum atomic E-state index is -0.476. The molecule has 0 saturated heterocycles. The van der Waals surface area contributed by atoms with Gasteiger partial charge in [0.1, 0.15) is 0 Å². The van der Waals surface area contributed by atoms with Gasteiger partial charge in [-0.05, 0) is 55.3 Å². The minimum Gasteiger partial charge on any atom is -0.276 e. The van der Waals surface area contributed by atoms with Crippen LogP contribution in [-0.4, -0.2) is 10.2 Å². The number of benzene rings is 1. The molecule has 0 N–H and O–H groups in total. The Kier molecular flexibility index (Phi) is 3.74. The molecule has 2 heterocycles. The number of halogens is 2. The van der Waals surface area contributed by atoms with Crippen LogP contribution in [0.5, 0.6) is 0 Å². The predicted molar refractivity (Wildman–Crippen MR) is 89.7 cm³/mol. The zero-order chi connectivity index (χ0) is 15.1. The van der Waals surface area contributed by atoms with Crippen molar-refractivity contribution in [1.82, 2.24) is 4.98 Å². The Morgan fingerprint density at radius 1 is 1.19 bits per heavy atom. The van der Waals surface area contributed by atoms with Crippen LogP contribution in [0, 0.1) is 13.8 Å². The molecule has 0 saturated carbocycles. The normalized spacial score (nSPS) is 11.0. The summed E-state index contributed by atoms with van der Waals surface area (Å²) < 4.78 is 0.686. The van der Waals surface area contributed by atoms with Crippen molar-refractivity contribution < 1.29 is 4.79 Å². The van der Waals surface area contributed by atoms with E-state index in [1.54, 1.807) is 6.07 Å². The Bertz CT molecular complexity index is 870. The predicted octanol–water partition coefficient (Wildman–Crippen LogP) is 5.61. The molecule has 0 atom stereocenters. The van der Waals surface area contributed by atoms with Crippen molar-refractivity contribution in [2.24, 2.45) is 0 Å². The largest absolute Gasteiger partial charge is 0.276 e. The monoisotopic (exact) mass is 335 g/mol. The Morgan fingerprint density at radius 2 is 1.95 bits per heavy atom. The molecule has 0 amide bonds. The molecule has 0 aliphatic heterocycles. The van der Waals surface area contributed by atoms with E-state index in [1.807, 2.05) is 38.1 Å². The highest BCUT2D eigenvalue weighted by Crippen LogP contribution is 2.33. The first-order valence-electron chi connectivity index (χ1n) is 6.33. The lowest BCUT2D eigenvalue weighted by atomic mass is 10.0. The van der Waals surface area contributed by atoms with E-state index in [0.29, 0.717) is 9.90 Å². The molecule has 1 aromatic carbocycles. The summed E-state index contributed by atoms with van der Waals surface area (Å²) in [4.78, 5) is 17.4. The topological polar surface area (TPSA) is 30.0 Å². The Morgan fingerprint density at radius 3 is 2.57 bits per heavy atom. The van der Waals surface area contributed by atoms with E-state index < -0.39 is 5.24 Å². The van der Waals surface area contributed by atoms with Crippen LogP contribution < -0.4 is 0 Å². The average molecular weight is 336 g/mol. The van der Waals surface area contributed by atoms with Gasteiger partial charge in [0.2, 0.25) is 0 Å². The first-order valence-corrected chi connectivity index (χ1v) is 7.90. The molecule has 0 aliphatic carbocycles. The third-order valence-corrected chi connectivity index (χ3v) is 4.74. The van der Waals surface area contributed by atoms with Gasteiger partial charge in [0.05, 0.1) is 20.4 Å². The van der Waals surface area contributed by atoms with Crippen LogP contribution in [0.15, 0.2) is 30.3 Å². The molecule has 21 heavy (non-hydrogen) atoms. The maximum atomic E-state index is 11.8. The van der Waals surface area contributed by atoms with Gasteiger partial charge in [0, 0.05) is 10.9 Å². The van der Waals surface area contributed by atoms with Crippen molar-refractivity contribution in [2.45, 2.75) is 13.8 Å². The van der Waals surface area contributed by atoms with Crippen molar-refractivity contribution in [2.75, 3.05) is 0 Å². The van der Waals surface area contributed by atoms with Gasteiger partial charge in [0.25, 0.3) is 5.24 Å². The van der Waals surface area contributed by atoms with E-state index in [1.165, 1.54) is 11.3 Å². The number of hydrogen-bond acceptors (Lipinski definition) is 3. The summed E-state index contributed by atoms with van der Waals surface area (Å²) >= 11 is 13.2. The number of aromatic nitrogens is 1. The lowest BCUT2D eigenvalue weighted by molar-refractivity contribution is 0.108. The number of thiophene rings is 1. The van der Waals surface area contributed by atoms with Crippen LogP contribution in [0.2, 0.25) is 4.34 Å². The van der Waals surface area contributed by atoms with Gasteiger partial charge in [0.15, 0.2) is 0 Å². The first kappa shape index (κ1) is 14.5. The van der Waals surface area contributed by atoms with E-state index in [0.717, 1.165) is 32.6 Å². The van der Waals surface area contributed by atoms with E-state index in [2.05, 4.69) is 4.98 Å². The third-order valence-electron chi connectivity index (χ3n) is 3.29. The zero-order valence-corrected chi connectivity index (χ0v) is 13.7. The highest BCUT2D eigenvalue weighted by atomic mass is 35.5. The van der Waals surface area contributed by atoms with Gasteiger partial charge in [-0.3, -0.25) is 4.79 Å². The number of aryl methyl sites for hydroxylation is 2. The lowest BCUT2D eigenvalue weighted by Crippen LogP contribution is -1.97. The number of pyridine rings is 1. The summed E-state index contributed by atoms with van der Waals surface area (Å²) in [7, 11) is 0. The summed E-state index contributed by atoms with van der Waals surface area (Å²) in [5.74, 6) is 0. The molecular weight excluding hydrogens is 325 g/mol. The molecule has 0 fully saturated rings. The maximum Gasteiger partial charge on any atom is 0.253 e. The van der Waals surface area contributed by atoms with Gasteiger partial charge < -0.3 is 0 Å². The third kappa shape index (κ3) is 2.69. The molecule has 0 bridgehead atoms. The second-order valence-corrected chi connectivity index (χ2v) is 6.97. The summed E-state index contributed by atoms with van der Waals surface area (Å²) in [5, 5.41) is 0.315. The second kappa shape index (κ2) is 5.41. The molecule has 0 aliphatic rings.